The Morgan fingerprint density at radius 1 is 1.14 bits per heavy atom. The Morgan fingerprint density at radius 2 is 1.90 bits per heavy atom. The number of hydrogen-bond acceptors (Lipinski definition) is 3. The van der Waals surface area contributed by atoms with Crippen molar-refractivity contribution in [1.29, 1.82) is 0 Å². The van der Waals surface area contributed by atoms with Crippen molar-refractivity contribution in [3.8, 4) is 0 Å². The summed E-state index contributed by atoms with van der Waals surface area (Å²) >= 11 is 0. The molecule has 0 unspecified atom stereocenters. The van der Waals surface area contributed by atoms with E-state index >= 15 is 0 Å². The zero-order valence-electron chi connectivity index (χ0n) is 12.9. The number of nitrogens with zero attached hydrogens (tertiary/aromatic N) is 1. The quantitative estimate of drug-likeness (QED) is 0.834. The van der Waals surface area contributed by atoms with Crippen LogP contribution >= 0.6 is 0 Å². The van der Waals surface area contributed by atoms with Crippen LogP contribution in [-0.4, -0.2) is 36.5 Å². The van der Waals surface area contributed by atoms with Gasteiger partial charge in [0.05, 0.1) is 13.2 Å². The molecule has 3 aliphatic rings. The fourth-order valence-corrected chi connectivity index (χ4v) is 4.71. The molecular weight excluding hydrogens is 262 g/mol. The first-order valence-corrected chi connectivity index (χ1v) is 8.25. The topological polar surface area (TPSA) is 21.7 Å². The largest absolute Gasteiger partial charge is 0.348 e. The summed E-state index contributed by atoms with van der Waals surface area (Å²) in [7, 11) is 0. The molecule has 1 aliphatic carbocycles. The summed E-state index contributed by atoms with van der Waals surface area (Å²) in [6.45, 7) is 6.26. The first kappa shape index (κ1) is 13.7. The van der Waals surface area contributed by atoms with Crippen molar-refractivity contribution >= 4 is 0 Å². The van der Waals surface area contributed by atoms with Gasteiger partial charge in [-0.15, -0.1) is 0 Å². The van der Waals surface area contributed by atoms with Gasteiger partial charge in [0.25, 0.3) is 0 Å². The van der Waals surface area contributed by atoms with Crippen LogP contribution in [0, 0.1) is 5.41 Å². The van der Waals surface area contributed by atoms with Crippen molar-refractivity contribution in [2.45, 2.75) is 51.0 Å². The Kier molecular flexibility index (Phi) is 3.32. The maximum Gasteiger partial charge on any atom is 0.169 e. The van der Waals surface area contributed by atoms with Gasteiger partial charge in [0.2, 0.25) is 0 Å². The van der Waals surface area contributed by atoms with Crippen molar-refractivity contribution in [1.82, 2.24) is 4.90 Å². The van der Waals surface area contributed by atoms with Crippen molar-refractivity contribution in [2.75, 3.05) is 19.8 Å². The highest BCUT2D eigenvalue weighted by Crippen LogP contribution is 2.52. The van der Waals surface area contributed by atoms with Gasteiger partial charge in [-0.25, -0.2) is 0 Å². The second-order valence-electron chi connectivity index (χ2n) is 7.20. The third-order valence-corrected chi connectivity index (χ3v) is 5.73. The standard InChI is InChI=1S/C18H25NO2/c1-17-9-10-19(13-15-5-3-2-4-6-15)16(17)7-8-18(14-17)20-11-12-21-18/h2-6,16H,7-14H2,1H3/t16-,17+/m1/s1. The van der Waals surface area contributed by atoms with Gasteiger partial charge in [-0.2, -0.15) is 0 Å². The lowest BCUT2D eigenvalue weighted by atomic mass is 9.69. The van der Waals surface area contributed by atoms with E-state index in [2.05, 4.69) is 42.2 Å². The molecule has 2 saturated heterocycles. The Balaban J connectivity index is 1.49. The van der Waals surface area contributed by atoms with Gasteiger partial charge in [-0.1, -0.05) is 37.3 Å². The average molecular weight is 287 g/mol. The number of rotatable bonds is 2. The number of hydrogen-bond donors (Lipinski definition) is 0. The normalized spacial score (nSPS) is 35.2. The zero-order chi connectivity index (χ0) is 14.3. The van der Waals surface area contributed by atoms with Gasteiger partial charge in [0.1, 0.15) is 0 Å². The molecule has 114 valence electrons. The molecule has 21 heavy (non-hydrogen) atoms. The molecule has 1 aromatic rings. The van der Waals surface area contributed by atoms with Crippen LogP contribution in [-0.2, 0) is 16.0 Å². The molecule has 3 heteroatoms. The Labute approximate surface area is 127 Å². The lowest BCUT2D eigenvalue weighted by molar-refractivity contribution is -0.205. The van der Waals surface area contributed by atoms with Crippen molar-refractivity contribution < 1.29 is 9.47 Å². The first-order valence-electron chi connectivity index (χ1n) is 8.25. The van der Waals surface area contributed by atoms with Gasteiger partial charge >= 0.3 is 0 Å². The molecule has 0 aromatic heterocycles. The van der Waals surface area contributed by atoms with E-state index in [4.69, 9.17) is 9.47 Å². The van der Waals surface area contributed by atoms with Gasteiger partial charge in [0.15, 0.2) is 5.79 Å². The van der Waals surface area contributed by atoms with E-state index in [-0.39, 0.29) is 5.79 Å². The van der Waals surface area contributed by atoms with E-state index in [9.17, 15) is 0 Å². The SMILES string of the molecule is C[C@@]12CCN(Cc3ccccc3)[C@@H]1CCC1(C2)OCCO1. The summed E-state index contributed by atoms with van der Waals surface area (Å²) in [6, 6.07) is 11.5. The molecule has 3 nitrogen and oxygen atoms in total. The van der Waals surface area contributed by atoms with Crippen LogP contribution in [0.1, 0.15) is 38.2 Å². The summed E-state index contributed by atoms with van der Waals surface area (Å²) in [6.07, 6.45) is 4.58. The van der Waals surface area contributed by atoms with E-state index in [1.165, 1.54) is 24.9 Å². The van der Waals surface area contributed by atoms with Gasteiger partial charge in [-0.3, -0.25) is 4.90 Å². The molecule has 0 amide bonds. The molecular formula is C18H25NO2. The smallest absolute Gasteiger partial charge is 0.169 e. The highest BCUT2D eigenvalue weighted by atomic mass is 16.7. The fraction of sp³-hybridized carbons (Fsp3) is 0.667. The molecule has 1 saturated carbocycles. The summed E-state index contributed by atoms with van der Waals surface area (Å²) in [4.78, 5) is 2.68. The van der Waals surface area contributed by atoms with Crippen LogP contribution in [0.2, 0.25) is 0 Å². The van der Waals surface area contributed by atoms with E-state index in [1.54, 1.807) is 0 Å². The lowest BCUT2D eigenvalue weighted by Gasteiger charge is -2.46. The minimum absolute atomic E-state index is 0.256. The number of ether oxygens (including phenoxy) is 2. The summed E-state index contributed by atoms with van der Waals surface area (Å²) < 4.78 is 11.9. The molecule has 0 bridgehead atoms. The predicted molar refractivity (Wildman–Crippen MR) is 81.9 cm³/mol. The Hall–Kier alpha value is -0.900. The van der Waals surface area contributed by atoms with Gasteiger partial charge in [0, 0.05) is 25.4 Å². The molecule has 2 aliphatic heterocycles. The zero-order valence-corrected chi connectivity index (χ0v) is 12.9. The maximum atomic E-state index is 5.97. The van der Waals surface area contributed by atoms with Crippen LogP contribution < -0.4 is 0 Å². The average Bonchev–Trinajstić information content (AvgIpc) is 3.05. The van der Waals surface area contributed by atoms with Crippen molar-refractivity contribution in [3.63, 3.8) is 0 Å². The lowest BCUT2D eigenvalue weighted by Crippen LogP contribution is -2.49. The van der Waals surface area contributed by atoms with Crippen LogP contribution in [0.3, 0.4) is 0 Å². The third kappa shape index (κ3) is 2.41. The number of benzene rings is 1. The minimum atomic E-state index is -0.256. The van der Waals surface area contributed by atoms with Crippen molar-refractivity contribution in [2.24, 2.45) is 5.41 Å². The monoisotopic (exact) mass is 287 g/mol. The molecule has 1 spiro atoms. The molecule has 2 atom stereocenters. The van der Waals surface area contributed by atoms with Gasteiger partial charge in [-0.05, 0) is 30.4 Å². The Morgan fingerprint density at radius 3 is 2.67 bits per heavy atom. The number of likely N-dealkylation sites (tertiary alicyclic amines) is 1. The third-order valence-electron chi connectivity index (χ3n) is 5.73. The Bertz CT molecular complexity index is 497. The molecule has 1 aromatic carbocycles. The summed E-state index contributed by atoms with van der Waals surface area (Å²) in [5.41, 5.74) is 1.77. The minimum Gasteiger partial charge on any atom is -0.348 e. The van der Waals surface area contributed by atoms with Crippen molar-refractivity contribution in [3.05, 3.63) is 35.9 Å². The molecule has 4 rings (SSSR count). The molecule has 3 fully saturated rings. The molecule has 2 heterocycles. The van der Waals surface area contributed by atoms with Crippen LogP contribution in [0.5, 0.6) is 0 Å². The van der Waals surface area contributed by atoms with E-state index in [1.807, 2.05) is 0 Å². The van der Waals surface area contributed by atoms with E-state index in [0.717, 1.165) is 32.6 Å². The highest BCUT2D eigenvalue weighted by Gasteiger charge is 2.54. The van der Waals surface area contributed by atoms with Crippen LogP contribution in [0.15, 0.2) is 30.3 Å². The summed E-state index contributed by atoms with van der Waals surface area (Å²) in [5.74, 6) is -0.256. The van der Waals surface area contributed by atoms with E-state index in [0.29, 0.717) is 11.5 Å². The van der Waals surface area contributed by atoms with Crippen LogP contribution in [0.4, 0.5) is 0 Å². The maximum absolute atomic E-state index is 5.97. The van der Waals surface area contributed by atoms with E-state index < -0.39 is 0 Å². The fourth-order valence-electron chi connectivity index (χ4n) is 4.71. The summed E-state index contributed by atoms with van der Waals surface area (Å²) in [5, 5.41) is 0. The van der Waals surface area contributed by atoms with Gasteiger partial charge < -0.3 is 9.47 Å². The highest BCUT2D eigenvalue weighted by molar-refractivity contribution is 5.16. The second-order valence-corrected chi connectivity index (χ2v) is 7.20. The predicted octanol–water partition coefficient (Wildman–Crippen LogP) is 3.19. The first-order chi connectivity index (χ1) is 10.2. The molecule has 0 radical (unpaired) electrons. The molecule has 0 N–H and O–H groups in total. The number of fused-ring (bicyclic) bond motifs is 1. The van der Waals surface area contributed by atoms with Crippen LogP contribution in [0.25, 0.3) is 0 Å². The second kappa shape index (κ2) is 5.08.